The van der Waals surface area contributed by atoms with Crippen LogP contribution in [-0.2, 0) is 6.54 Å². The molecule has 0 aliphatic rings. The summed E-state index contributed by atoms with van der Waals surface area (Å²) >= 11 is 1.65. The Bertz CT molecular complexity index is 695. The lowest BCUT2D eigenvalue weighted by Gasteiger charge is -2.13. The number of fused-ring (bicyclic) bond motifs is 1. The maximum Gasteiger partial charge on any atom is 0.123 e. The molecule has 0 spiro atoms. The molecule has 1 heterocycles. The molecule has 0 fully saturated rings. The maximum absolute atomic E-state index is 10.5. The zero-order valence-electron chi connectivity index (χ0n) is 12.1. The van der Waals surface area contributed by atoms with Gasteiger partial charge < -0.3 is 0 Å². The van der Waals surface area contributed by atoms with Gasteiger partial charge in [-0.05, 0) is 44.2 Å². The molecule has 0 saturated heterocycles. The van der Waals surface area contributed by atoms with E-state index >= 15 is 0 Å². The van der Waals surface area contributed by atoms with Crippen LogP contribution in [0.4, 0.5) is 5.69 Å². The average molecular weight is 287 g/mol. The van der Waals surface area contributed by atoms with Crippen LogP contribution in [0.15, 0.2) is 27.2 Å². The van der Waals surface area contributed by atoms with Crippen molar-refractivity contribution < 1.29 is 0 Å². The number of thioether (sulfide) groups is 1. The number of nitrogens with zero attached hydrogens (tertiary/aromatic N) is 3. The maximum atomic E-state index is 10.5. The lowest BCUT2D eigenvalue weighted by molar-refractivity contribution is 0.985. The molecule has 0 aliphatic heterocycles. The summed E-state index contributed by atoms with van der Waals surface area (Å²) in [6.45, 7) is 6.08. The second-order valence-corrected chi connectivity index (χ2v) is 5.42. The molecule has 0 atom stereocenters. The summed E-state index contributed by atoms with van der Waals surface area (Å²) in [6.07, 6.45) is 3.79. The Labute approximate surface area is 122 Å². The quantitative estimate of drug-likeness (QED) is 0.470. The van der Waals surface area contributed by atoms with Gasteiger partial charge in [0.2, 0.25) is 0 Å². The Kier molecular flexibility index (Phi) is 4.49. The van der Waals surface area contributed by atoms with Crippen LogP contribution in [0.2, 0.25) is 0 Å². The van der Waals surface area contributed by atoms with E-state index in [-0.39, 0.29) is 6.54 Å². The van der Waals surface area contributed by atoms with E-state index in [0.29, 0.717) is 5.69 Å². The fourth-order valence-corrected chi connectivity index (χ4v) is 3.09. The Morgan fingerprint density at radius 1 is 1.30 bits per heavy atom. The van der Waals surface area contributed by atoms with Crippen LogP contribution in [0.25, 0.3) is 10.9 Å². The minimum absolute atomic E-state index is 0.0891. The number of benzene rings is 1. The highest BCUT2D eigenvalue weighted by Gasteiger charge is 2.13. The summed E-state index contributed by atoms with van der Waals surface area (Å²) in [5, 5.41) is 4.06. The second kappa shape index (κ2) is 6.13. The first-order valence-electron chi connectivity index (χ1n) is 6.38. The number of hydrogen-bond donors (Lipinski definition) is 0. The Balaban J connectivity index is 2.91. The van der Waals surface area contributed by atoms with Crippen molar-refractivity contribution in [1.82, 2.24) is 4.98 Å². The highest BCUT2D eigenvalue weighted by molar-refractivity contribution is 7.98. The molecule has 20 heavy (non-hydrogen) atoms. The molecule has 0 N–H and O–H groups in total. The molecule has 2 aromatic rings. The average Bonchev–Trinajstić information content (AvgIpc) is 2.42. The van der Waals surface area contributed by atoms with Gasteiger partial charge in [-0.15, -0.1) is 11.8 Å². The predicted molar refractivity (Wildman–Crippen MR) is 86.3 cm³/mol. The number of aliphatic imine (C=N–C) groups is 1. The third-order valence-electron chi connectivity index (χ3n) is 3.17. The Hall–Kier alpha value is -1.75. The van der Waals surface area contributed by atoms with Gasteiger partial charge in [0.25, 0.3) is 0 Å². The molecule has 1 aromatic carbocycles. The van der Waals surface area contributed by atoms with E-state index in [0.717, 1.165) is 27.0 Å². The fourth-order valence-electron chi connectivity index (χ4n) is 2.38. The summed E-state index contributed by atoms with van der Waals surface area (Å²) in [4.78, 5) is 20.7. The van der Waals surface area contributed by atoms with Gasteiger partial charge in [-0.25, -0.2) is 4.98 Å². The van der Waals surface area contributed by atoms with E-state index in [9.17, 15) is 4.91 Å². The summed E-state index contributed by atoms with van der Waals surface area (Å²) in [5.41, 5.74) is 4.68. The Morgan fingerprint density at radius 2 is 2.05 bits per heavy atom. The predicted octanol–water partition coefficient (Wildman–Crippen LogP) is 4.56. The third kappa shape index (κ3) is 2.58. The van der Waals surface area contributed by atoms with Crippen molar-refractivity contribution in [3.8, 4) is 0 Å². The monoisotopic (exact) mass is 287 g/mol. The van der Waals surface area contributed by atoms with Crippen molar-refractivity contribution in [2.24, 2.45) is 10.2 Å². The first kappa shape index (κ1) is 14.7. The number of aryl methyl sites for hydroxylation is 2. The molecule has 0 unspecified atom stereocenters. The number of hydrogen-bond acceptors (Lipinski definition) is 5. The van der Waals surface area contributed by atoms with Crippen LogP contribution in [0.1, 0.15) is 23.7 Å². The van der Waals surface area contributed by atoms with Crippen molar-refractivity contribution >= 4 is 34.6 Å². The van der Waals surface area contributed by atoms with Gasteiger partial charge in [0.15, 0.2) is 0 Å². The van der Waals surface area contributed by atoms with Crippen LogP contribution in [0, 0.1) is 18.8 Å². The van der Waals surface area contributed by atoms with Crippen LogP contribution in [0.3, 0.4) is 0 Å². The highest BCUT2D eigenvalue weighted by Crippen LogP contribution is 2.36. The van der Waals surface area contributed by atoms with Crippen LogP contribution in [0.5, 0.6) is 0 Å². The van der Waals surface area contributed by atoms with Crippen molar-refractivity contribution in [1.29, 1.82) is 0 Å². The molecule has 5 heteroatoms. The normalized spacial score (nSPS) is 11.4. The number of pyridine rings is 1. The number of aromatic nitrogens is 1. The van der Waals surface area contributed by atoms with E-state index in [4.69, 9.17) is 0 Å². The van der Waals surface area contributed by atoms with Gasteiger partial charge in [-0.3, -0.25) is 4.99 Å². The molecule has 0 saturated carbocycles. The SMILES string of the molecule is CC=Nc1c(C)cc(C)c2c(SC)cc(CN=O)nc12. The second-order valence-electron chi connectivity index (χ2n) is 4.57. The third-order valence-corrected chi connectivity index (χ3v) is 3.93. The molecule has 1 aromatic heterocycles. The molecule has 0 bridgehead atoms. The molecule has 0 aliphatic carbocycles. The van der Waals surface area contributed by atoms with Gasteiger partial charge in [0.05, 0.1) is 16.9 Å². The molecule has 4 nitrogen and oxygen atoms in total. The molecule has 2 rings (SSSR count). The van der Waals surface area contributed by atoms with E-state index in [1.807, 2.05) is 26.2 Å². The summed E-state index contributed by atoms with van der Waals surface area (Å²) in [6, 6.07) is 4.07. The highest BCUT2D eigenvalue weighted by atomic mass is 32.2. The van der Waals surface area contributed by atoms with E-state index in [1.165, 1.54) is 5.56 Å². The van der Waals surface area contributed by atoms with Crippen molar-refractivity contribution in [2.75, 3.05) is 6.26 Å². The van der Waals surface area contributed by atoms with E-state index < -0.39 is 0 Å². The summed E-state index contributed by atoms with van der Waals surface area (Å²) in [7, 11) is 0. The first-order valence-corrected chi connectivity index (χ1v) is 7.60. The number of rotatable bonds is 4. The molecule has 0 amide bonds. The summed E-state index contributed by atoms with van der Waals surface area (Å²) < 4.78 is 0. The van der Waals surface area contributed by atoms with Crippen LogP contribution >= 0.6 is 11.8 Å². The standard InChI is InChI=1S/C15H17N3OS/c1-5-16-14-10(3)6-9(2)13-12(20-4)7-11(8-17-19)18-15(13)14/h5-7H,8H2,1-4H3. The minimum atomic E-state index is 0.0891. The van der Waals surface area contributed by atoms with Crippen molar-refractivity contribution in [2.45, 2.75) is 32.2 Å². The van der Waals surface area contributed by atoms with Crippen molar-refractivity contribution in [3.05, 3.63) is 33.9 Å². The number of nitroso groups, excluding NO2 is 1. The van der Waals surface area contributed by atoms with E-state index in [1.54, 1.807) is 18.0 Å². The molecular formula is C15H17N3OS. The zero-order chi connectivity index (χ0) is 14.7. The van der Waals surface area contributed by atoms with Crippen LogP contribution < -0.4 is 0 Å². The van der Waals surface area contributed by atoms with Crippen molar-refractivity contribution in [3.63, 3.8) is 0 Å². The fraction of sp³-hybridized carbons (Fsp3) is 0.333. The lowest BCUT2D eigenvalue weighted by atomic mass is 10.0. The summed E-state index contributed by atoms with van der Waals surface area (Å²) in [5.74, 6) is 0. The van der Waals surface area contributed by atoms with Gasteiger partial charge in [-0.1, -0.05) is 11.2 Å². The zero-order valence-corrected chi connectivity index (χ0v) is 12.9. The molecular weight excluding hydrogens is 270 g/mol. The van der Waals surface area contributed by atoms with Gasteiger partial charge >= 0.3 is 0 Å². The minimum Gasteiger partial charge on any atom is -0.259 e. The molecule has 104 valence electrons. The van der Waals surface area contributed by atoms with Gasteiger partial charge in [-0.2, -0.15) is 4.91 Å². The smallest absolute Gasteiger partial charge is 0.123 e. The first-order chi connectivity index (χ1) is 9.62. The van der Waals surface area contributed by atoms with Gasteiger partial charge in [0, 0.05) is 16.5 Å². The Morgan fingerprint density at radius 3 is 2.65 bits per heavy atom. The molecule has 0 radical (unpaired) electrons. The van der Waals surface area contributed by atoms with Gasteiger partial charge in [0.1, 0.15) is 6.54 Å². The largest absolute Gasteiger partial charge is 0.259 e. The van der Waals surface area contributed by atoms with Crippen LogP contribution in [-0.4, -0.2) is 17.5 Å². The van der Waals surface area contributed by atoms with E-state index in [2.05, 4.69) is 28.1 Å². The topological polar surface area (TPSA) is 54.7 Å². The lowest BCUT2D eigenvalue weighted by Crippen LogP contribution is -1.95.